The number of nitrogens with one attached hydrogen (secondary N) is 1. The standard InChI is InChI=1S/C14H28N4O2S/c1-6-7-18-12-14(10-13(18)11-15-2)21(19,20)17(5)9-8-16(3)4/h10,12,15H,6-9,11H2,1-5H3. The smallest absolute Gasteiger partial charge is 0.244 e. The first-order valence-electron chi connectivity index (χ1n) is 7.27. The van der Waals surface area contributed by atoms with Crippen LogP contribution in [0.3, 0.4) is 0 Å². The van der Waals surface area contributed by atoms with Crippen LogP contribution in [0.15, 0.2) is 17.2 Å². The fourth-order valence-corrected chi connectivity index (χ4v) is 3.31. The predicted molar refractivity (Wildman–Crippen MR) is 85.9 cm³/mol. The van der Waals surface area contributed by atoms with Gasteiger partial charge in [-0.2, -0.15) is 4.31 Å². The van der Waals surface area contributed by atoms with Crippen molar-refractivity contribution in [1.29, 1.82) is 0 Å². The molecule has 0 aliphatic rings. The second-order valence-corrected chi connectivity index (χ2v) is 7.57. The summed E-state index contributed by atoms with van der Waals surface area (Å²) in [6.07, 6.45) is 2.72. The van der Waals surface area contributed by atoms with Crippen LogP contribution in [0.25, 0.3) is 0 Å². The number of aryl methyl sites for hydroxylation is 1. The Kier molecular flexibility index (Phi) is 6.86. The van der Waals surface area contributed by atoms with Crippen molar-refractivity contribution in [2.75, 3.05) is 41.3 Å². The second kappa shape index (κ2) is 7.93. The molecule has 0 aromatic carbocycles. The Morgan fingerprint density at radius 2 is 1.90 bits per heavy atom. The van der Waals surface area contributed by atoms with E-state index in [1.165, 1.54) is 4.31 Å². The molecule has 0 fully saturated rings. The van der Waals surface area contributed by atoms with Gasteiger partial charge in [-0.25, -0.2) is 8.42 Å². The van der Waals surface area contributed by atoms with Crippen molar-refractivity contribution >= 4 is 10.0 Å². The molecule has 21 heavy (non-hydrogen) atoms. The van der Waals surface area contributed by atoms with Crippen LogP contribution in [0.5, 0.6) is 0 Å². The molecule has 1 rings (SSSR count). The van der Waals surface area contributed by atoms with Crippen LogP contribution in [0.4, 0.5) is 0 Å². The van der Waals surface area contributed by atoms with Gasteiger partial charge in [-0.05, 0) is 33.6 Å². The molecule has 7 heteroatoms. The number of aromatic nitrogens is 1. The molecule has 0 saturated carbocycles. The van der Waals surface area contributed by atoms with E-state index in [-0.39, 0.29) is 0 Å². The minimum Gasteiger partial charge on any atom is -0.349 e. The van der Waals surface area contributed by atoms with E-state index in [4.69, 9.17) is 0 Å². The van der Waals surface area contributed by atoms with E-state index in [9.17, 15) is 8.42 Å². The third-order valence-electron chi connectivity index (χ3n) is 3.35. The van der Waals surface area contributed by atoms with Gasteiger partial charge in [0.2, 0.25) is 10.0 Å². The van der Waals surface area contributed by atoms with Gasteiger partial charge in [0, 0.05) is 45.1 Å². The number of rotatable bonds is 9. The fraction of sp³-hybridized carbons (Fsp3) is 0.714. The minimum absolute atomic E-state index is 0.377. The summed E-state index contributed by atoms with van der Waals surface area (Å²) < 4.78 is 28.6. The van der Waals surface area contributed by atoms with Gasteiger partial charge in [-0.15, -0.1) is 0 Å². The molecule has 1 heterocycles. The highest BCUT2D eigenvalue weighted by Crippen LogP contribution is 2.18. The Balaban J connectivity index is 2.99. The van der Waals surface area contributed by atoms with Crippen molar-refractivity contribution in [2.45, 2.75) is 31.3 Å². The van der Waals surface area contributed by atoms with Crippen molar-refractivity contribution in [1.82, 2.24) is 19.1 Å². The lowest BCUT2D eigenvalue weighted by Gasteiger charge is -2.18. The molecule has 0 atom stereocenters. The van der Waals surface area contributed by atoms with E-state index >= 15 is 0 Å². The van der Waals surface area contributed by atoms with Crippen LogP contribution in [0.1, 0.15) is 19.0 Å². The van der Waals surface area contributed by atoms with E-state index in [0.29, 0.717) is 24.5 Å². The van der Waals surface area contributed by atoms with Crippen molar-refractivity contribution in [3.8, 4) is 0 Å². The Hall–Kier alpha value is -0.890. The third-order valence-corrected chi connectivity index (χ3v) is 5.18. The normalized spacial score (nSPS) is 12.5. The largest absolute Gasteiger partial charge is 0.349 e. The third kappa shape index (κ3) is 4.81. The van der Waals surface area contributed by atoms with Crippen molar-refractivity contribution in [3.63, 3.8) is 0 Å². The van der Waals surface area contributed by atoms with E-state index in [0.717, 1.165) is 18.7 Å². The zero-order chi connectivity index (χ0) is 16.0. The number of likely N-dealkylation sites (N-methyl/N-ethyl adjacent to an activating group) is 2. The number of nitrogens with zero attached hydrogens (tertiary/aromatic N) is 3. The molecule has 0 spiro atoms. The summed E-state index contributed by atoms with van der Waals surface area (Å²) in [5.74, 6) is 0. The first-order chi connectivity index (χ1) is 9.82. The molecule has 0 radical (unpaired) electrons. The molecule has 0 bridgehead atoms. The van der Waals surface area contributed by atoms with Gasteiger partial charge in [-0.3, -0.25) is 0 Å². The highest BCUT2D eigenvalue weighted by Gasteiger charge is 2.23. The first-order valence-corrected chi connectivity index (χ1v) is 8.71. The quantitative estimate of drug-likeness (QED) is 0.732. The Bertz CT molecular complexity index is 514. The highest BCUT2D eigenvalue weighted by atomic mass is 32.2. The van der Waals surface area contributed by atoms with E-state index in [2.05, 4.69) is 12.2 Å². The molecule has 0 amide bonds. The summed E-state index contributed by atoms with van der Waals surface area (Å²) in [4.78, 5) is 2.35. The predicted octanol–water partition coefficient (Wildman–Crippen LogP) is 0.800. The van der Waals surface area contributed by atoms with Crippen LogP contribution >= 0.6 is 0 Å². The van der Waals surface area contributed by atoms with Gasteiger partial charge >= 0.3 is 0 Å². The van der Waals surface area contributed by atoms with Gasteiger partial charge in [0.25, 0.3) is 0 Å². The number of hydrogen-bond donors (Lipinski definition) is 1. The maximum atomic E-state index is 12.6. The maximum absolute atomic E-state index is 12.6. The molecule has 0 aliphatic carbocycles. The Morgan fingerprint density at radius 1 is 1.24 bits per heavy atom. The van der Waals surface area contributed by atoms with Gasteiger partial charge in [0.05, 0.1) is 0 Å². The minimum atomic E-state index is -3.41. The molecular weight excluding hydrogens is 288 g/mol. The van der Waals surface area contributed by atoms with Crippen molar-refractivity contribution < 1.29 is 8.42 Å². The fourth-order valence-electron chi connectivity index (χ4n) is 2.09. The van der Waals surface area contributed by atoms with Gasteiger partial charge in [-0.1, -0.05) is 6.92 Å². The average molecular weight is 316 g/mol. The van der Waals surface area contributed by atoms with E-state index < -0.39 is 10.0 Å². The number of sulfonamides is 1. The Labute approximate surface area is 128 Å². The summed E-state index contributed by atoms with van der Waals surface area (Å²) in [5.41, 5.74) is 0.999. The SMILES string of the molecule is CCCn1cc(S(=O)(=O)N(C)CCN(C)C)cc1CNC. The zero-order valence-corrected chi connectivity index (χ0v) is 14.6. The lowest BCUT2D eigenvalue weighted by molar-refractivity contribution is 0.358. The summed E-state index contributed by atoms with van der Waals surface area (Å²) in [6, 6.07) is 1.77. The summed E-state index contributed by atoms with van der Waals surface area (Å²) >= 11 is 0. The van der Waals surface area contributed by atoms with Crippen molar-refractivity contribution in [3.05, 3.63) is 18.0 Å². The lowest BCUT2D eigenvalue weighted by atomic mass is 10.4. The molecule has 1 aromatic heterocycles. The molecule has 0 aliphatic heterocycles. The number of hydrogen-bond acceptors (Lipinski definition) is 4. The van der Waals surface area contributed by atoms with Gasteiger partial charge in [0.15, 0.2) is 0 Å². The summed E-state index contributed by atoms with van der Waals surface area (Å²) in [6.45, 7) is 4.76. The molecular formula is C14H28N4O2S. The van der Waals surface area contributed by atoms with E-state index in [1.807, 2.05) is 30.6 Å². The summed E-state index contributed by atoms with van der Waals surface area (Å²) in [7, 11) is 3.95. The topological polar surface area (TPSA) is 57.6 Å². The van der Waals surface area contributed by atoms with E-state index in [1.54, 1.807) is 19.3 Å². The van der Waals surface area contributed by atoms with Gasteiger partial charge in [0.1, 0.15) is 4.90 Å². The van der Waals surface area contributed by atoms with Gasteiger partial charge < -0.3 is 14.8 Å². The molecule has 0 unspecified atom stereocenters. The van der Waals surface area contributed by atoms with Crippen LogP contribution in [-0.2, 0) is 23.1 Å². The zero-order valence-electron chi connectivity index (χ0n) is 13.8. The first kappa shape index (κ1) is 18.2. The van der Waals surface area contributed by atoms with Crippen LogP contribution in [-0.4, -0.2) is 63.5 Å². The van der Waals surface area contributed by atoms with Crippen LogP contribution in [0, 0.1) is 0 Å². The lowest BCUT2D eigenvalue weighted by Crippen LogP contribution is -2.33. The van der Waals surface area contributed by atoms with Crippen LogP contribution in [0.2, 0.25) is 0 Å². The highest BCUT2D eigenvalue weighted by molar-refractivity contribution is 7.89. The maximum Gasteiger partial charge on any atom is 0.244 e. The molecule has 1 N–H and O–H groups in total. The molecule has 6 nitrogen and oxygen atoms in total. The second-order valence-electron chi connectivity index (χ2n) is 5.52. The Morgan fingerprint density at radius 3 is 2.43 bits per heavy atom. The molecule has 0 saturated heterocycles. The molecule has 1 aromatic rings. The molecule has 122 valence electrons. The van der Waals surface area contributed by atoms with Crippen LogP contribution < -0.4 is 5.32 Å². The monoisotopic (exact) mass is 316 g/mol. The average Bonchev–Trinajstić information content (AvgIpc) is 2.81. The van der Waals surface area contributed by atoms with Crippen molar-refractivity contribution in [2.24, 2.45) is 0 Å². The summed E-state index contributed by atoms with van der Waals surface area (Å²) in [5, 5.41) is 3.08.